The fourth-order valence-corrected chi connectivity index (χ4v) is 4.66. The molecule has 0 saturated heterocycles. The van der Waals surface area contributed by atoms with Gasteiger partial charge in [-0.2, -0.15) is 5.10 Å². The Labute approximate surface area is 320 Å². The minimum Gasteiger partial charge on any atom is -0.492 e. The highest BCUT2D eigenvalue weighted by Crippen LogP contribution is 2.35. The van der Waals surface area contributed by atoms with Crippen molar-refractivity contribution in [2.45, 2.75) is 114 Å². The van der Waals surface area contributed by atoms with Crippen LogP contribution in [0.3, 0.4) is 0 Å². The number of terminal acetylenes is 1. The van der Waals surface area contributed by atoms with Crippen LogP contribution in [0.2, 0.25) is 0 Å². The van der Waals surface area contributed by atoms with E-state index in [0.29, 0.717) is 19.1 Å². The number of unbranched alkanes of at least 4 members (excludes halogenated alkanes) is 2. The number of carbonyl (C=O) groups excluding carboxylic acids is 1. The maximum absolute atomic E-state index is 10.6. The molecule has 1 aliphatic heterocycles. The number of aryl methyl sites for hydroxylation is 2. The average Bonchev–Trinajstić information content (AvgIpc) is 3.18. The normalized spacial score (nSPS) is 12.8. The quantitative estimate of drug-likeness (QED) is 0.0948. The molecule has 8 heteroatoms. The van der Waals surface area contributed by atoms with Crippen LogP contribution in [-0.2, 0) is 4.79 Å². The Bertz CT molecular complexity index is 1670. The molecule has 0 amide bonds. The zero-order chi connectivity index (χ0) is 39.6. The summed E-state index contributed by atoms with van der Waals surface area (Å²) in [6.07, 6.45) is 23.3. The van der Waals surface area contributed by atoms with Gasteiger partial charge in [0.1, 0.15) is 29.4 Å². The zero-order valence-electron chi connectivity index (χ0n) is 34.2. The van der Waals surface area contributed by atoms with E-state index < -0.39 is 0 Å². The van der Waals surface area contributed by atoms with Crippen LogP contribution in [0.4, 0.5) is 11.5 Å². The van der Waals surface area contributed by atoms with Gasteiger partial charge in [-0.3, -0.25) is 9.80 Å². The molecule has 3 aromatic rings. The van der Waals surface area contributed by atoms with Crippen molar-refractivity contribution >= 4 is 34.4 Å². The van der Waals surface area contributed by atoms with Crippen LogP contribution in [0.1, 0.15) is 111 Å². The molecular formula is C45H65N5O3. The summed E-state index contributed by atoms with van der Waals surface area (Å²) in [5.74, 6) is 6.41. The van der Waals surface area contributed by atoms with Crippen molar-refractivity contribution in [2.24, 2.45) is 16.9 Å². The number of ether oxygens (including phenoxy) is 2. The minimum atomic E-state index is 0.146. The third kappa shape index (κ3) is 17.0. The summed E-state index contributed by atoms with van der Waals surface area (Å²) in [5, 5.41) is 10.5. The van der Waals surface area contributed by atoms with E-state index in [9.17, 15) is 4.79 Å². The summed E-state index contributed by atoms with van der Waals surface area (Å²) in [4.78, 5) is 19.7. The number of allylic oxidation sites excluding steroid dienone is 2. The Morgan fingerprint density at radius 2 is 1.79 bits per heavy atom. The second-order valence-electron chi connectivity index (χ2n) is 13.0. The van der Waals surface area contributed by atoms with Crippen LogP contribution in [0.25, 0.3) is 10.9 Å². The predicted molar refractivity (Wildman–Crippen MR) is 226 cm³/mol. The van der Waals surface area contributed by atoms with Crippen molar-refractivity contribution in [3.63, 3.8) is 0 Å². The average molecular weight is 724 g/mol. The van der Waals surface area contributed by atoms with Gasteiger partial charge >= 0.3 is 0 Å². The molecule has 53 heavy (non-hydrogen) atoms. The number of hydrogen-bond donors (Lipinski definition) is 1. The molecule has 0 radical (unpaired) electrons. The largest absolute Gasteiger partial charge is 0.492 e. The Kier molecular flexibility index (Phi) is 23.3. The predicted octanol–water partition coefficient (Wildman–Crippen LogP) is 11.9. The minimum absolute atomic E-state index is 0.146. The Hall–Kier alpha value is -4.90. The Morgan fingerprint density at radius 1 is 1.08 bits per heavy atom. The number of nitrogens with one attached hydrogen (secondary N) is 1. The van der Waals surface area contributed by atoms with Crippen molar-refractivity contribution in [2.75, 3.05) is 18.5 Å². The molecule has 288 valence electrons. The number of anilines is 2. The third-order valence-electron chi connectivity index (χ3n) is 8.34. The van der Waals surface area contributed by atoms with E-state index >= 15 is 0 Å². The molecule has 2 unspecified atom stereocenters. The van der Waals surface area contributed by atoms with E-state index in [4.69, 9.17) is 15.9 Å². The highest BCUT2D eigenvalue weighted by atomic mass is 16.5. The van der Waals surface area contributed by atoms with Gasteiger partial charge in [-0.05, 0) is 93.2 Å². The number of hydrogen-bond acceptors (Lipinski definition) is 8. The molecule has 8 nitrogen and oxygen atoms in total. The molecule has 1 aliphatic rings. The monoisotopic (exact) mass is 724 g/mol. The molecule has 0 bridgehead atoms. The first kappa shape index (κ1) is 46.1. The number of ketones is 1. The molecule has 2 heterocycles. The number of benzene rings is 2. The Morgan fingerprint density at radius 3 is 2.32 bits per heavy atom. The van der Waals surface area contributed by atoms with Gasteiger partial charge in [0.2, 0.25) is 0 Å². The smallest absolute Gasteiger partial charge is 0.157 e. The van der Waals surface area contributed by atoms with Crippen LogP contribution < -0.4 is 14.8 Å². The van der Waals surface area contributed by atoms with Crippen molar-refractivity contribution in [1.82, 2.24) is 15.0 Å². The number of rotatable bonds is 15. The van der Waals surface area contributed by atoms with E-state index in [1.807, 2.05) is 76.2 Å². The van der Waals surface area contributed by atoms with Gasteiger partial charge < -0.3 is 14.8 Å². The third-order valence-corrected chi connectivity index (χ3v) is 8.34. The number of aromatic nitrogens is 2. The first-order chi connectivity index (χ1) is 25.5. The van der Waals surface area contributed by atoms with Gasteiger partial charge in [-0.15, -0.1) is 12.3 Å². The van der Waals surface area contributed by atoms with Crippen LogP contribution in [0, 0.1) is 38.0 Å². The summed E-state index contributed by atoms with van der Waals surface area (Å²) in [5.41, 5.74) is 3.87. The van der Waals surface area contributed by atoms with Crippen LogP contribution in [0.5, 0.6) is 11.5 Å². The second-order valence-corrected chi connectivity index (χ2v) is 13.0. The molecule has 4 rings (SSSR count). The van der Waals surface area contributed by atoms with E-state index in [2.05, 4.69) is 79.6 Å². The molecule has 0 fully saturated rings. The first-order valence-electron chi connectivity index (χ1n) is 19.2. The number of carbonyl (C=O) groups is 1. The van der Waals surface area contributed by atoms with Gasteiger partial charge in [0, 0.05) is 30.4 Å². The van der Waals surface area contributed by atoms with E-state index in [0.717, 1.165) is 70.1 Å². The zero-order valence-corrected chi connectivity index (χ0v) is 34.2. The SMILES string of the molecule is C#CCC.C/C=N\N1C=CC(Oc2ccc(Nc3ncnc4ccc(C)c(OCC(C)CCCC)c34)cc2C)=CC1.C=CC(=O)C(C)CC.CCCC. The maximum Gasteiger partial charge on any atom is 0.157 e. The molecular weight excluding hydrogens is 659 g/mol. The lowest BCUT2D eigenvalue weighted by molar-refractivity contribution is -0.117. The number of fused-ring (bicyclic) bond motifs is 1. The van der Waals surface area contributed by atoms with Crippen LogP contribution >= 0.6 is 0 Å². The highest BCUT2D eigenvalue weighted by molar-refractivity contribution is 5.96. The Balaban J connectivity index is 0.000000736. The van der Waals surface area contributed by atoms with Gasteiger partial charge in [0.15, 0.2) is 5.78 Å². The van der Waals surface area contributed by atoms with Crippen LogP contribution in [0.15, 0.2) is 78.5 Å². The maximum atomic E-state index is 10.6. The highest BCUT2D eigenvalue weighted by Gasteiger charge is 2.15. The van der Waals surface area contributed by atoms with Crippen molar-refractivity contribution < 1.29 is 14.3 Å². The molecule has 2 aromatic carbocycles. The molecule has 2 atom stereocenters. The lowest BCUT2D eigenvalue weighted by Crippen LogP contribution is -2.14. The van der Waals surface area contributed by atoms with Gasteiger partial charge in [-0.1, -0.05) is 86.8 Å². The van der Waals surface area contributed by atoms with E-state index in [1.54, 1.807) is 12.5 Å². The van der Waals surface area contributed by atoms with Gasteiger partial charge in [0.25, 0.3) is 0 Å². The summed E-state index contributed by atoms with van der Waals surface area (Å²) in [6.45, 7) is 25.4. The fraction of sp³-hybridized carbons (Fsp3) is 0.467. The molecule has 0 aliphatic carbocycles. The van der Waals surface area contributed by atoms with Gasteiger partial charge in [0.05, 0.1) is 24.1 Å². The van der Waals surface area contributed by atoms with Crippen molar-refractivity contribution in [3.05, 3.63) is 84.6 Å². The fourth-order valence-electron chi connectivity index (χ4n) is 4.66. The second kappa shape index (κ2) is 26.8. The molecule has 0 saturated carbocycles. The lowest BCUT2D eigenvalue weighted by Gasteiger charge is -2.19. The van der Waals surface area contributed by atoms with E-state index in [1.165, 1.54) is 31.8 Å². The van der Waals surface area contributed by atoms with Gasteiger partial charge in [-0.25, -0.2) is 9.97 Å². The van der Waals surface area contributed by atoms with Crippen molar-refractivity contribution in [1.29, 1.82) is 0 Å². The molecule has 1 aromatic heterocycles. The van der Waals surface area contributed by atoms with E-state index in [-0.39, 0.29) is 11.7 Å². The summed E-state index contributed by atoms with van der Waals surface area (Å²) >= 11 is 0. The first-order valence-corrected chi connectivity index (χ1v) is 19.2. The molecule has 1 N–H and O–H groups in total. The standard InChI is InChI=1S/C30H37N5O2.C7H12O.C4H10.C4H6/c1-6-8-9-21(3)19-36-29-22(4)10-12-26-28(29)30(32-20-31-26)34-24-11-13-27(23(5)18-24)37-25-14-16-35(17-15-25)33-7-2;1-4-6(3)7(8)5-2;2*1-3-4-2/h7,10-16,18,20-21H,6,8-9,17,19H2,1-5H3,(H,31,32,34);5-6H,2,4H2,1,3H3;3-4H2,1-2H3;1H,4H2,2H3/b33-7-;;;. The van der Waals surface area contributed by atoms with Crippen molar-refractivity contribution in [3.8, 4) is 23.8 Å². The number of hydrazone groups is 1. The lowest BCUT2D eigenvalue weighted by atomic mass is 10.0. The number of nitrogens with zero attached hydrogens (tertiary/aromatic N) is 4. The summed E-state index contributed by atoms with van der Waals surface area (Å²) in [6, 6.07) is 10.1. The summed E-state index contributed by atoms with van der Waals surface area (Å²) < 4.78 is 12.5. The van der Waals surface area contributed by atoms with Crippen LogP contribution in [-0.4, -0.2) is 40.1 Å². The summed E-state index contributed by atoms with van der Waals surface area (Å²) in [7, 11) is 0. The topological polar surface area (TPSA) is 88.9 Å². The molecule has 0 spiro atoms.